The maximum atomic E-state index is 8.43. The highest BCUT2D eigenvalue weighted by Gasteiger charge is 1.89. The Morgan fingerprint density at radius 3 is 2.82 bits per heavy atom. The van der Waals surface area contributed by atoms with Gasteiger partial charge in [-0.25, -0.2) is 0 Å². The Morgan fingerprint density at radius 1 is 1.55 bits per heavy atom. The van der Waals surface area contributed by atoms with Crippen molar-refractivity contribution in [3.63, 3.8) is 0 Å². The predicted molar refractivity (Wildman–Crippen MR) is 48.7 cm³/mol. The predicted octanol–water partition coefficient (Wildman–Crippen LogP) is -0.0673. The normalized spacial score (nSPS) is 9.55. The lowest BCUT2D eigenvalue weighted by Gasteiger charge is -2.02. The third-order valence-corrected chi connectivity index (χ3v) is 1.99. The molecule has 0 rings (SSSR count). The summed E-state index contributed by atoms with van der Waals surface area (Å²) in [6, 6.07) is 0. The van der Waals surface area contributed by atoms with Gasteiger partial charge in [0.05, 0.1) is 5.88 Å². The van der Waals surface area contributed by atoms with Crippen LogP contribution in [0, 0.1) is 5.41 Å². The summed E-state index contributed by atoms with van der Waals surface area (Å²) < 4.78 is 0. The molecular formula is C6H15N3OS. The van der Waals surface area contributed by atoms with Crippen LogP contribution in [0.4, 0.5) is 0 Å². The van der Waals surface area contributed by atoms with Gasteiger partial charge in [0.15, 0.2) is 5.96 Å². The van der Waals surface area contributed by atoms with Gasteiger partial charge in [0.1, 0.15) is 0 Å². The van der Waals surface area contributed by atoms with E-state index in [0.717, 1.165) is 18.6 Å². The molecule has 0 spiro atoms. The second-order valence-corrected chi connectivity index (χ2v) is 3.18. The highest BCUT2D eigenvalue weighted by Crippen LogP contribution is 2.01. The first-order valence-corrected chi connectivity index (χ1v) is 4.69. The average molecular weight is 177 g/mol. The zero-order valence-electron chi connectivity index (χ0n) is 6.47. The van der Waals surface area contributed by atoms with E-state index in [1.807, 2.05) is 0 Å². The van der Waals surface area contributed by atoms with Crippen molar-refractivity contribution in [3.8, 4) is 0 Å². The summed E-state index contributed by atoms with van der Waals surface area (Å²) in [5.74, 6) is 1.70. The number of hydrogen-bond acceptors (Lipinski definition) is 3. The SMILES string of the molecule is N=C(N)NCSCCCCO. The Bertz CT molecular complexity index is 110. The number of nitrogens with two attached hydrogens (primary N) is 1. The smallest absolute Gasteiger partial charge is 0.186 e. The first-order chi connectivity index (χ1) is 5.27. The molecule has 4 nitrogen and oxygen atoms in total. The van der Waals surface area contributed by atoms with Gasteiger partial charge in [-0.15, -0.1) is 11.8 Å². The van der Waals surface area contributed by atoms with Crippen LogP contribution in [0.25, 0.3) is 0 Å². The van der Waals surface area contributed by atoms with Crippen molar-refractivity contribution in [2.75, 3.05) is 18.2 Å². The zero-order chi connectivity index (χ0) is 8.53. The number of rotatable bonds is 6. The van der Waals surface area contributed by atoms with Crippen LogP contribution in [0.1, 0.15) is 12.8 Å². The summed E-state index contributed by atoms with van der Waals surface area (Å²) in [4.78, 5) is 0. The third-order valence-electron chi connectivity index (χ3n) is 1.06. The van der Waals surface area contributed by atoms with E-state index in [1.165, 1.54) is 0 Å². The zero-order valence-corrected chi connectivity index (χ0v) is 7.28. The summed E-state index contributed by atoms with van der Waals surface area (Å²) in [5, 5.41) is 17.9. The topological polar surface area (TPSA) is 82.1 Å². The largest absolute Gasteiger partial charge is 0.396 e. The van der Waals surface area contributed by atoms with E-state index < -0.39 is 0 Å². The van der Waals surface area contributed by atoms with Crippen LogP contribution < -0.4 is 11.1 Å². The summed E-state index contributed by atoms with van der Waals surface area (Å²) in [6.07, 6.45) is 1.87. The summed E-state index contributed by atoms with van der Waals surface area (Å²) >= 11 is 1.68. The molecule has 0 aromatic carbocycles. The Hall–Kier alpha value is -0.420. The second-order valence-electron chi connectivity index (χ2n) is 2.07. The number of hydrogen-bond donors (Lipinski definition) is 4. The number of aliphatic hydroxyl groups is 1. The van der Waals surface area contributed by atoms with Crippen molar-refractivity contribution < 1.29 is 5.11 Å². The van der Waals surface area contributed by atoms with E-state index >= 15 is 0 Å². The molecule has 0 aromatic heterocycles. The van der Waals surface area contributed by atoms with Crippen molar-refractivity contribution in [1.82, 2.24) is 5.32 Å². The van der Waals surface area contributed by atoms with Gasteiger partial charge >= 0.3 is 0 Å². The number of guanidine groups is 1. The molecule has 0 amide bonds. The molecule has 0 saturated heterocycles. The number of nitrogens with one attached hydrogen (secondary N) is 2. The van der Waals surface area contributed by atoms with Gasteiger partial charge in [0.2, 0.25) is 0 Å². The van der Waals surface area contributed by atoms with E-state index in [9.17, 15) is 0 Å². The Labute approximate surface area is 71.1 Å². The first-order valence-electron chi connectivity index (χ1n) is 3.54. The maximum Gasteiger partial charge on any atom is 0.186 e. The molecule has 66 valence electrons. The van der Waals surface area contributed by atoms with E-state index in [4.69, 9.17) is 16.2 Å². The molecule has 0 aliphatic rings. The molecule has 0 aliphatic carbocycles. The van der Waals surface area contributed by atoms with Crippen LogP contribution in [0.3, 0.4) is 0 Å². The molecular weight excluding hydrogens is 162 g/mol. The molecule has 5 heteroatoms. The summed E-state index contributed by atoms with van der Waals surface area (Å²) in [5.41, 5.74) is 5.05. The van der Waals surface area contributed by atoms with Gasteiger partial charge in [0.25, 0.3) is 0 Å². The summed E-state index contributed by atoms with van der Waals surface area (Å²) in [7, 11) is 0. The molecule has 0 unspecified atom stereocenters. The van der Waals surface area contributed by atoms with E-state index in [-0.39, 0.29) is 12.6 Å². The molecule has 0 fully saturated rings. The van der Waals surface area contributed by atoms with Crippen LogP contribution in [0.5, 0.6) is 0 Å². The molecule has 11 heavy (non-hydrogen) atoms. The molecule has 0 aromatic rings. The monoisotopic (exact) mass is 177 g/mol. The quantitative estimate of drug-likeness (QED) is 0.198. The van der Waals surface area contributed by atoms with Crippen molar-refractivity contribution in [2.24, 2.45) is 5.73 Å². The molecule has 5 N–H and O–H groups in total. The summed E-state index contributed by atoms with van der Waals surface area (Å²) in [6.45, 7) is 0.265. The highest BCUT2D eigenvalue weighted by molar-refractivity contribution is 7.99. The average Bonchev–Trinajstić information content (AvgIpc) is 1.96. The van der Waals surface area contributed by atoms with Crippen molar-refractivity contribution in [2.45, 2.75) is 12.8 Å². The minimum Gasteiger partial charge on any atom is -0.396 e. The second kappa shape index (κ2) is 7.68. The number of thioether (sulfide) groups is 1. The lowest BCUT2D eigenvalue weighted by molar-refractivity contribution is 0.287. The van der Waals surface area contributed by atoms with Gasteiger partial charge in [-0.1, -0.05) is 0 Å². The van der Waals surface area contributed by atoms with Gasteiger partial charge in [-0.2, -0.15) is 0 Å². The van der Waals surface area contributed by atoms with E-state index in [1.54, 1.807) is 11.8 Å². The fourth-order valence-electron chi connectivity index (χ4n) is 0.517. The van der Waals surface area contributed by atoms with Crippen molar-refractivity contribution in [3.05, 3.63) is 0 Å². The minimum absolute atomic E-state index is 0.0136. The maximum absolute atomic E-state index is 8.43. The lowest BCUT2D eigenvalue weighted by Crippen LogP contribution is -2.29. The lowest BCUT2D eigenvalue weighted by atomic mass is 10.4. The van der Waals surface area contributed by atoms with E-state index in [0.29, 0.717) is 5.88 Å². The molecule has 0 radical (unpaired) electrons. The van der Waals surface area contributed by atoms with Crippen molar-refractivity contribution in [1.29, 1.82) is 5.41 Å². The fourth-order valence-corrected chi connectivity index (χ4v) is 1.33. The Morgan fingerprint density at radius 2 is 2.27 bits per heavy atom. The number of unbranched alkanes of at least 4 members (excludes halogenated alkanes) is 1. The standard InChI is InChI=1S/C6H15N3OS/c7-6(8)9-5-11-4-2-1-3-10/h10H,1-5H2,(H4,7,8,9). The molecule has 0 bridgehead atoms. The van der Waals surface area contributed by atoms with Crippen LogP contribution in [-0.2, 0) is 0 Å². The molecule has 0 atom stereocenters. The van der Waals surface area contributed by atoms with Gasteiger partial charge < -0.3 is 16.2 Å². The van der Waals surface area contributed by atoms with Crippen LogP contribution in [-0.4, -0.2) is 29.3 Å². The van der Waals surface area contributed by atoms with Crippen LogP contribution >= 0.6 is 11.8 Å². The fraction of sp³-hybridized carbons (Fsp3) is 0.833. The van der Waals surface area contributed by atoms with Crippen LogP contribution in [0.2, 0.25) is 0 Å². The van der Waals surface area contributed by atoms with Crippen LogP contribution in [0.15, 0.2) is 0 Å². The molecule has 0 aliphatic heterocycles. The van der Waals surface area contributed by atoms with Gasteiger partial charge in [-0.05, 0) is 18.6 Å². The van der Waals surface area contributed by atoms with Gasteiger partial charge in [0, 0.05) is 6.61 Å². The highest BCUT2D eigenvalue weighted by atomic mass is 32.2. The first kappa shape index (κ1) is 10.6. The van der Waals surface area contributed by atoms with E-state index in [2.05, 4.69) is 5.32 Å². The van der Waals surface area contributed by atoms with Gasteiger partial charge in [-0.3, -0.25) is 5.41 Å². The Balaban J connectivity index is 2.85. The number of aliphatic hydroxyl groups excluding tert-OH is 1. The minimum atomic E-state index is 0.0136. The van der Waals surface area contributed by atoms with Crippen molar-refractivity contribution >= 4 is 17.7 Å². The molecule has 0 saturated carbocycles. The third kappa shape index (κ3) is 9.58. The Kier molecular flexibility index (Phi) is 7.39. The molecule has 0 heterocycles.